The van der Waals surface area contributed by atoms with Gasteiger partial charge in [0.15, 0.2) is 17.5 Å². The van der Waals surface area contributed by atoms with E-state index in [0.29, 0.717) is 22.5 Å². The molecule has 7 rings (SSSR count). The Morgan fingerprint density at radius 3 is 1.64 bits per heavy atom. The third kappa shape index (κ3) is 4.54. The third-order valence-electron chi connectivity index (χ3n) is 6.97. The van der Waals surface area contributed by atoms with Crippen molar-refractivity contribution >= 4 is 33.1 Å². The van der Waals surface area contributed by atoms with Crippen molar-refractivity contribution in [1.82, 2.24) is 15.0 Å². The van der Waals surface area contributed by atoms with E-state index >= 15 is 0 Å². The van der Waals surface area contributed by atoms with Crippen molar-refractivity contribution < 1.29 is 0 Å². The van der Waals surface area contributed by atoms with E-state index in [1.165, 1.54) is 21.5 Å². The van der Waals surface area contributed by atoms with Crippen LogP contribution in [-0.4, -0.2) is 15.0 Å². The Hall–Kier alpha value is -4.86. The molecular formula is C35H22ClN3. The summed E-state index contributed by atoms with van der Waals surface area (Å²) >= 11 is 6.14. The van der Waals surface area contributed by atoms with Gasteiger partial charge in [-0.3, -0.25) is 0 Å². The largest absolute Gasteiger partial charge is 0.208 e. The van der Waals surface area contributed by atoms with Gasteiger partial charge in [0.25, 0.3) is 0 Å². The number of hydrogen-bond donors (Lipinski definition) is 0. The van der Waals surface area contributed by atoms with Crippen LogP contribution in [0, 0.1) is 0 Å². The molecule has 0 saturated carbocycles. The molecular weight excluding hydrogens is 498 g/mol. The number of nitrogens with zero attached hydrogens (tertiary/aromatic N) is 3. The van der Waals surface area contributed by atoms with E-state index in [-0.39, 0.29) is 0 Å². The molecule has 3 nitrogen and oxygen atoms in total. The smallest absolute Gasteiger partial charge is 0.164 e. The number of benzene rings is 6. The molecule has 0 radical (unpaired) electrons. The zero-order valence-electron chi connectivity index (χ0n) is 20.9. The fraction of sp³-hybridized carbons (Fsp3) is 0. The van der Waals surface area contributed by atoms with E-state index in [0.717, 1.165) is 27.8 Å². The lowest BCUT2D eigenvalue weighted by Crippen LogP contribution is -2.00. The molecule has 0 aliphatic rings. The second kappa shape index (κ2) is 9.79. The van der Waals surface area contributed by atoms with Gasteiger partial charge in [0.2, 0.25) is 0 Å². The van der Waals surface area contributed by atoms with Crippen LogP contribution in [0.15, 0.2) is 133 Å². The van der Waals surface area contributed by atoms with Crippen molar-refractivity contribution in [1.29, 1.82) is 0 Å². The lowest BCUT2D eigenvalue weighted by Gasteiger charge is -2.11. The summed E-state index contributed by atoms with van der Waals surface area (Å²) in [5, 5.41) is 5.64. The van der Waals surface area contributed by atoms with Crippen LogP contribution >= 0.6 is 11.6 Å². The van der Waals surface area contributed by atoms with Crippen LogP contribution < -0.4 is 0 Å². The normalized spacial score (nSPS) is 11.2. The highest BCUT2D eigenvalue weighted by Crippen LogP contribution is 2.32. The van der Waals surface area contributed by atoms with E-state index in [4.69, 9.17) is 26.6 Å². The van der Waals surface area contributed by atoms with Gasteiger partial charge < -0.3 is 0 Å². The van der Waals surface area contributed by atoms with Crippen LogP contribution in [0.3, 0.4) is 0 Å². The number of halogens is 1. The first kappa shape index (κ1) is 23.3. The molecule has 0 bridgehead atoms. The number of fused-ring (bicyclic) bond motifs is 3. The molecule has 0 unspecified atom stereocenters. The first-order valence-electron chi connectivity index (χ1n) is 12.8. The highest BCUT2D eigenvalue weighted by Gasteiger charge is 2.13. The topological polar surface area (TPSA) is 38.7 Å². The van der Waals surface area contributed by atoms with Crippen LogP contribution in [0.5, 0.6) is 0 Å². The Morgan fingerprint density at radius 1 is 0.359 bits per heavy atom. The highest BCUT2D eigenvalue weighted by atomic mass is 35.5. The molecule has 0 fully saturated rings. The van der Waals surface area contributed by atoms with Gasteiger partial charge in [0.1, 0.15) is 0 Å². The van der Waals surface area contributed by atoms with Crippen molar-refractivity contribution in [3.8, 4) is 45.3 Å². The fourth-order valence-electron chi connectivity index (χ4n) is 4.97. The number of hydrogen-bond acceptors (Lipinski definition) is 3. The molecule has 0 saturated heterocycles. The summed E-state index contributed by atoms with van der Waals surface area (Å²) in [4.78, 5) is 14.6. The van der Waals surface area contributed by atoms with Gasteiger partial charge in [-0.15, -0.1) is 0 Å². The van der Waals surface area contributed by atoms with Crippen molar-refractivity contribution in [2.45, 2.75) is 0 Å². The maximum atomic E-state index is 6.14. The molecule has 0 atom stereocenters. The molecule has 7 aromatic rings. The van der Waals surface area contributed by atoms with E-state index < -0.39 is 0 Å². The number of rotatable bonds is 4. The summed E-state index contributed by atoms with van der Waals surface area (Å²) < 4.78 is 0. The Bertz CT molecular complexity index is 1970. The minimum Gasteiger partial charge on any atom is -0.208 e. The average molecular weight is 520 g/mol. The first-order chi connectivity index (χ1) is 19.2. The van der Waals surface area contributed by atoms with E-state index in [1.807, 2.05) is 54.6 Å². The molecule has 4 heteroatoms. The Balaban J connectivity index is 1.37. The third-order valence-corrected chi connectivity index (χ3v) is 7.22. The van der Waals surface area contributed by atoms with Crippen LogP contribution in [0.1, 0.15) is 0 Å². The van der Waals surface area contributed by atoms with E-state index in [1.54, 1.807) is 0 Å². The van der Waals surface area contributed by atoms with Crippen molar-refractivity contribution in [2.24, 2.45) is 0 Å². The Kier molecular flexibility index (Phi) is 5.84. The van der Waals surface area contributed by atoms with Gasteiger partial charge in [0, 0.05) is 21.7 Å². The summed E-state index contributed by atoms with van der Waals surface area (Å²) in [7, 11) is 0. The monoisotopic (exact) mass is 519 g/mol. The second-order valence-corrected chi connectivity index (χ2v) is 9.92. The van der Waals surface area contributed by atoms with Gasteiger partial charge in [0.05, 0.1) is 0 Å². The molecule has 0 spiro atoms. The van der Waals surface area contributed by atoms with E-state index in [2.05, 4.69) is 78.9 Å². The highest BCUT2D eigenvalue weighted by molar-refractivity contribution is 6.30. The standard InChI is InChI=1S/C35H22ClN3/c36-30-19-17-26(18-20-30)34-37-33(25-8-2-1-3-9-25)38-35(39-34)29-11-6-10-27(21-29)28-16-15-24-14-13-23-7-4-5-12-31(23)32(24)22-28/h1-22H. The molecule has 1 heterocycles. The summed E-state index contributed by atoms with van der Waals surface area (Å²) in [5.41, 5.74) is 5.01. The van der Waals surface area contributed by atoms with Crippen LogP contribution in [0.2, 0.25) is 5.02 Å². The number of aromatic nitrogens is 3. The second-order valence-electron chi connectivity index (χ2n) is 9.48. The summed E-state index contributed by atoms with van der Waals surface area (Å²) in [6.07, 6.45) is 0. The van der Waals surface area contributed by atoms with Crippen molar-refractivity contribution in [3.05, 3.63) is 138 Å². The van der Waals surface area contributed by atoms with Crippen molar-refractivity contribution in [3.63, 3.8) is 0 Å². The average Bonchev–Trinajstić information content (AvgIpc) is 3.01. The van der Waals surface area contributed by atoms with Gasteiger partial charge in [-0.05, 0) is 69.1 Å². The van der Waals surface area contributed by atoms with Gasteiger partial charge in [-0.1, -0.05) is 109 Å². The Labute approximate surface area is 231 Å². The lowest BCUT2D eigenvalue weighted by molar-refractivity contribution is 1.07. The van der Waals surface area contributed by atoms with Crippen LogP contribution in [0.4, 0.5) is 0 Å². The van der Waals surface area contributed by atoms with E-state index in [9.17, 15) is 0 Å². The molecule has 0 amide bonds. The zero-order valence-corrected chi connectivity index (χ0v) is 21.7. The molecule has 1 aromatic heterocycles. The predicted octanol–water partition coefficient (Wildman–Crippen LogP) is 9.50. The quantitative estimate of drug-likeness (QED) is 0.217. The maximum Gasteiger partial charge on any atom is 0.164 e. The molecule has 0 N–H and O–H groups in total. The summed E-state index contributed by atoms with van der Waals surface area (Å²) in [6, 6.07) is 45.5. The lowest BCUT2D eigenvalue weighted by atomic mass is 9.96. The van der Waals surface area contributed by atoms with Gasteiger partial charge in [-0.25, -0.2) is 15.0 Å². The molecule has 39 heavy (non-hydrogen) atoms. The maximum absolute atomic E-state index is 6.14. The zero-order chi connectivity index (χ0) is 26.2. The summed E-state index contributed by atoms with van der Waals surface area (Å²) in [6.45, 7) is 0. The molecule has 0 aliphatic heterocycles. The first-order valence-corrected chi connectivity index (χ1v) is 13.2. The summed E-state index contributed by atoms with van der Waals surface area (Å²) in [5.74, 6) is 1.87. The molecule has 6 aromatic carbocycles. The minimum absolute atomic E-state index is 0.609. The van der Waals surface area contributed by atoms with Gasteiger partial charge in [-0.2, -0.15) is 0 Å². The van der Waals surface area contributed by atoms with Gasteiger partial charge >= 0.3 is 0 Å². The van der Waals surface area contributed by atoms with Crippen molar-refractivity contribution in [2.75, 3.05) is 0 Å². The minimum atomic E-state index is 0.609. The fourth-order valence-corrected chi connectivity index (χ4v) is 5.09. The predicted molar refractivity (Wildman–Crippen MR) is 162 cm³/mol. The van der Waals surface area contributed by atoms with Crippen LogP contribution in [0.25, 0.3) is 66.8 Å². The molecule has 184 valence electrons. The Morgan fingerprint density at radius 2 is 0.872 bits per heavy atom. The molecule has 0 aliphatic carbocycles. The van der Waals surface area contributed by atoms with Crippen LogP contribution in [-0.2, 0) is 0 Å². The SMILES string of the molecule is Clc1ccc(-c2nc(-c3ccccc3)nc(-c3cccc(-c4ccc5ccc6ccccc6c5c4)c3)n2)cc1.